The molecule has 0 saturated carbocycles. The Morgan fingerprint density at radius 3 is 2.57 bits per heavy atom. The number of pyridine rings is 1. The molecule has 4 heterocycles. The highest BCUT2D eigenvalue weighted by atomic mass is 19.1. The number of likely N-dealkylation sites (N-methyl/N-ethyl adjacent to an activating group) is 1. The zero-order valence-electron chi connectivity index (χ0n) is 23.6. The molecule has 0 saturated heterocycles. The molecule has 0 radical (unpaired) electrons. The van der Waals surface area contributed by atoms with Gasteiger partial charge in [0.15, 0.2) is 0 Å². The summed E-state index contributed by atoms with van der Waals surface area (Å²) in [4.78, 5) is 24.8. The van der Waals surface area contributed by atoms with Crippen molar-refractivity contribution >= 4 is 61.3 Å². The summed E-state index contributed by atoms with van der Waals surface area (Å²) in [7, 11) is 2.13. The van der Waals surface area contributed by atoms with Crippen LogP contribution < -0.4 is 10.6 Å². The number of fused-ring (bicyclic) bond motifs is 9. The van der Waals surface area contributed by atoms with Gasteiger partial charge in [0.2, 0.25) is 5.95 Å². The summed E-state index contributed by atoms with van der Waals surface area (Å²) in [6, 6.07) is 20.8. The number of benzene rings is 4. The number of aromatic nitrogens is 4. The van der Waals surface area contributed by atoms with Crippen LogP contribution in [0.15, 0.2) is 85.2 Å². The topological polar surface area (TPSA) is 87.5 Å². The molecule has 44 heavy (non-hydrogen) atoms. The number of halogens is 2. The van der Waals surface area contributed by atoms with E-state index >= 15 is 0 Å². The summed E-state index contributed by atoms with van der Waals surface area (Å²) >= 11 is 0. The summed E-state index contributed by atoms with van der Waals surface area (Å²) in [5, 5.41) is 14.1. The third-order valence-corrected chi connectivity index (χ3v) is 8.24. The Hall–Kier alpha value is -5.48. The van der Waals surface area contributed by atoms with E-state index in [1.807, 2.05) is 30.5 Å². The van der Waals surface area contributed by atoms with Crippen LogP contribution in [0.2, 0.25) is 0 Å². The second-order valence-electron chi connectivity index (χ2n) is 11.1. The Kier molecular flexibility index (Phi) is 5.98. The number of carbonyl (C=O) groups excluding carboxylic acids is 1. The number of nitrogens with zero attached hydrogens (tertiary/aromatic N) is 5. The van der Waals surface area contributed by atoms with Gasteiger partial charge in [0.05, 0.1) is 16.4 Å². The number of hydrogen-bond donors (Lipinski definition) is 2. The molecule has 8 rings (SSSR count). The van der Waals surface area contributed by atoms with Crippen LogP contribution in [0.25, 0.3) is 38.1 Å². The van der Waals surface area contributed by atoms with Gasteiger partial charge in [-0.15, -0.1) is 0 Å². The third-order valence-electron chi connectivity index (χ3n) is 8.24. The van der Waals surface area contributed by atoms with Crippen LogP contribution in [-0.4, -0.2) is 44.0 Å². The molecular formula is C34H25F2N7O. The Morgan fingerprint density at radius 1 is 0.864 bits per heavy atom. The number of anilines is 3. The number of rotatable bonds is 4. The zero-order chi connectivity index (χ0) is 29.9. The molecule has 10 heteroatoms. The van der Waals surface area contributed by atoms with E-state index in [-0.39, 0.29) is 0 Å². The standard InChI is InChI=1S/C34H25F2N7O/c1-42-14-12-19-8-9-21(15-20(19)18-42)39-34-37-17-25-23-11-10-22(38-33(44)29-26(35)5-4-6-27(29)36)16-24(23)32-30(31(25)40-34)28-7-2-3-13-43(28)41-32/h2-11,13,15-17H,12,14,18H2,1H3,(H,38,44)(H,37,39,40). The normalized spacial score (nSPS) is 13.5. The lowest BCUT2D eigenvalue weighted by Gasteiger charge is -2.25. The molecule has 1 aliphatic heterocycles. The number of amides is 1. The van der Waals surface area contributed by atoms with Gasteiger partial charge >= 0.3 is 0 Å². The van der Waals surface area contributed by atoms with Crippen molar-refractivity contribution in [3.05, 3.63) is 114 Å². The molecule has 0 aliphatic carbocycles. The second-order valence-corrected chi connectivity index (χ2v) is 11.1. The Labute approximate surface area is 250 Å². The van der Waals surface area contributed by atoms with Gasteiger partial charge in [-0.3, -0.25) is 4.79 Å². The lowest BCUT2D eigenvalue weighted by atomic mass is 9.99. The SMILES string of the molecule is CN1CCc2ccc(Nc3ncc4c5ccc(NC(=O)c6c(F)cccc6F)cc5c5nn6ccccc6c5c4n3)cc2C1. The minimum atomic E-state index is -0.929. The molecule has 4 aromatic carbocycles. The van der Waals surface area contributed by atoms with E-state index in [9.17, 15) is 13.6 Å². The van der Waals surface area contributed by atoms with Gasteiger partial charge in [-0.2, -0.15) is 5.10 Å². The highest BCUT2D eigenvalue weighted by Gasteiger charge is 2.20. The lowest BCUT2D eigenvalue weighted by Crippen LogP contribution is -2.26. The van der Waals surface area contributed by atoms with Crippen molar-refractivity contribution in [2.45, 2.75) is 13.0 Å². The third kappa shape index (κ3) is 4.30. The maximum atomic E-state index is 14.3. The molecule has 0 unspecified atom stereocenters. The average Bonchev–Trinajstić information content (AvgIpc) is 3.41. The number of carbonyl (C=O) groups is 1. The predicted octanol–water partition coefficient (Wildman–Crippen LogP) is 6.85. The van der Waals surface area contributed by atoms with E-state index in [0.29, 0.717) is 17.2 Å². The molecule has 2 N–H and O–H groups in total. The molecule has 8 nitrogen and oxygen atoms in total. The minimum Gasteiger partial charge on any atom is -0.324 e. The second kappa shape index (κ2) is 10.1. The van der Waals surface area contributed by atoms with Gasteiger partial charge in [-0.25, -0.2) is 23.3 Å². The van der Waals surface area contributed by atoms with E-state index in [0.717, 1.165) is 69.9 Å². The minimum absolute atomic E-state index is 0.375. The smallest absolute Gasteiger partial charge is 0.261 e. The molecular weight excluding hydrogens is 560 g/mol. The van der Waals surface area contributed by atoms with E-state index < -0.39 is 23.1 Å². The van der Waals surface area contributed by atoms with Crippen molar-refractivity contribution in [2.24, 2.45) is 0 Å². The van der Waals surface area contributed by atoms with Gasteiger partial charge < -0.3 is 15.5 Å². The average molecular weight is 586 g/mol. The van der Waals surface area contributed by atoms with Crippen molar-refractivity contribution in [1.29, 1.82) is 0 Å². The summed E-state index contributed by atoms with van der Waals surface area (Å²) in [6.07, 6.45) is 4.69. The maximum Gasteiger partial charge on any atom is 0.261 e. The largest absolute Gasteiger partial charge is 0.324 e. The molecule has 1 amide bonds. The van der Waals surface area contributed by atoms with E-state index in [4.69, 9.17) is 10.1 Å². The fourth-order valence-electron chi connectivity index (χ4n) is 6.12. The Balaban J connectivity index is 1.26. The fraction of sp³-hybridized carbons (Fsp3) is 0.118. The van der Waals surface area contributed by atoms with Gasteiger partial charge in [-0.1, -0.05) is 24.3 Å². The van der Waals surface area contributed by atoms with Crippen LogP contribution in [0.5, 0.6) is 0 Å². The first-order valence-corrected chi connectivity index (χ1v) is 14.3. The van der Waals surface area contributed by atoms with Crippen molar-refractivity contribution in [2.75, 3.05) is 24.2 Å². The van der Waals surface area contributed by atoms with Crippen molar-refractivity contribution in [1.82, 2.24) is 24.5 Å². The molecule has 0 spiro atoms. The van der Waals surface area contributed by atoms with Crippen LogP contribution >= 0.6 is 0 Å². The van der Waals surface area contributed by atoms with Crippen LogP contribution in [0.3, 0.4) is 0 Å². The number of hydrogen-bond acceptors (Lipinski definition) is 6. The van der Waals surface area contributed by atoms with Crippen LogP contribution in [0.1, 0.15) is 21.5 Å². The zero-order valence-corrected chi connectivity index (χ0v) is 23.6. The predicted molar refractivity (Wildman–Crippen MR) is 167 cm³/mol. The Morgan fingerprint density at radius 2 is 1.70 bits per heavy atom. The van der Waals surface area contributed by atoms with Gasteiger partial charge in [-0.05, 0) is 78.5 Å². The van der Waals surface area contributed by atoms with Crippen LogP contribution in [0, 0.1) is 11.6 Å². The quantitative estimate of drug-likeness (QED) is 0.220. The molecule has 3 aromatic heterocycles. The highest BCUT2D eigenvalue weighted by Crippen LogP contribution is 2.37. The summed E-state index contributed by atoms with van der Waals surface area (Å²) < 4.78 is 30.4. The molecule has 216 valence electrons. The van der Waals surface area contributed by atoms with Crippen molar-refractivity contribution in [3.63, 3.8) is 0 Å². The van der Waals surface area contributed by atoms with Crippen LogP contribution in [-0.2, 0) is 13.0 Å². The molecule has 1 aliphatic rings. The fourth-order valence-corrected chi connectivity index (χ4v) is 6.12. The number of nitrogens with one attached hydrogen (secondary N) is 2. The van der Waals surface area contributed by atoms with Gasteiger partial charge in [0.25, 0.3) is 5.91 Å². The van der Waals surface area contributed by atoms with Gasteiger partial charge in [0.1, 0.15) is 22.7 Å². The molecule has 0 fully saturated rings. The van der Waals surface area contributed by atoms with Gasteiger partial charge in [0, 0.05) is 47.6 Å². The summed E-state index contributed by atoms with van der Waals surface area (Å²) in [5.74, 6) is -2.27. The first-order valence-electron chi connectivity index (χ1n) is 14.3. The first-order chi connectivity index (χ1) is 21.4. The van der Waals surface area contributed by atoms with E-state index in [2.05, 4.69) is 45.8 Å². The Bertz CT molecular complexity index is 2280. The molecule has 0 atom stereocenters. The molecule has 0 bridgehead atoms. The monoisotopic (exact) mass is 585 g/mol. The highest BCUT2D eigenvalue weighted by molar-refractivity contribution is 6.27. The van der Waals surface area contributed by atoms with E-state index in [1.54, 1.807) is 22.8 Å². The first kappa shape index (κ1) is 26.2. The van der Waals surface area contributed by atoms with E-state index in [1.165, 1.54) is 17.2 Å². The van der Waals surface area contributed by atoms with Crippen LogP contribution in [0.4, 0.5) is 26.1 Å². The van der Waals surface area contributed by atoms with Crippen molar-refractivity contribution in [3.8, 4) is 0 Å². The summed E-state index contributed by atoms with van der Waals surface area (Å²) in [6.45, 7) is 1.95. The van der Waals surface area contributed by atoms with Crippen molar-refractivity contribution < 1.29 is 13.6 Å². The lowest BCUT2D eigenvalue weighted by molar-refractivity contribution is 0.101. The summed E-state index contributed by atoms with van der Waals surface area (Å²) in [5.41, 5.74) is 5.58. The molecule has 7 aromatic rings. The maximum absolute atomic E-state index is 14.3.